The summed E-state index contributed by atoms with van der Waals surface area (Å²) in [5.74, 6) is 8.00. The zero-order chi connectivity index (χ0) is 5.54. The number of aromatic amines is 1. The van der Waals surface area contributed by atoms with Crippen molar-refractivity contribution in [2.45, 2.75) is 0 Å². The fourth-order valence-electron chi connectivity index (χ4n) is 0.215. The Balaban J connectivity index is -0.0000000836. The molecule has 1 heterocycles. The fourth-order valence-corrected chi connectivity index (χ4v) is 0.215. The third-order valence-corrected chi connectivity index (χ3v) is 0.406. The quantitative estimate of drug-likeness (QED) is 0.383. The average molecular weight is 173 g/mol. The van der Waals surface area contributed by atoms with E-state index < -0.39 is 0 Å². The number of hydrogen-bond acceptors (Lipinski definition) is 3. The SMILES string of the molecule is Cl.Cl.NN.c1cn[nH]c1. The molecule has 0 saturated heterocycles. The molecule has 1 aromatic heterocycles. The lowest BCUT2D eigenvalue weighted by atomic mass is 10.8. The molecule has 0 bridgehead atoms. The van der Waals surface area contributed by atoms with Crippen LogP contribution in [0.3, 0.4) is 0 Å². The lowest BCUT2D eigenvalue weighted by Gasteiger charge is -1.49. The van der Waals surface area contributed by atoms with Gasteiger partial charge in [-0.15, -0.1) is 24.8 Å². The van der Waals surface area contributed by atoms with E-state index in [1.807, 2.05) is 6.07 Å². The maximum Gasteiger partial charge on any atom is 0.0487 e. The molecule has 0 atom stereocenters. The molecule has 56 valence electrons. The Bertz CT molecular complexity index is 70.3. The van der Waals surface area contributed by atoms with Crippen molar-refractivity contribution in [1.82, 2.24) is 10.2 Å². The Morgan fingerprint density at radius 2 is 1.78 bits per heavy atom. The fraction of sp³-hybridized carbons (Fsp3) is 0. The minimum absolute atomic E-state index is 0. The van der Waals surface area contributed by atoms with E-state index in [4.69, 9.17) is 0 Å². The lowest BCUT2D eigenvalue weighted by molar-refractivity contribution is 1.09. The highest BCUT2D eigenvalue weighted by molar-refractivity contribution is 5.85. The molecule has 9 heavy (non-hydrogen) atoms. The van der Waals surface area contributed by atoms with Crippen LogP contribution in [0.1, 0.15) is 0 Å². The van der Waals surface area contributed by atoms with Gasteiger partial charge in [-0.3, -0.25) is 16.8 Å². The van der Waals surface area contributed by atoms with Crippen LogP contribution in [-0.2, 0) is 0 Å². The maximum atomic E-state index is 4.00. The van der Waals surface area contributed by atoms with E-state index in [2.05, 4.69) is 21.9 Å². The van der Waals surface area contributed by atoms with Crippen LogP contribution in [0.2, 0.25) is 0 Å². The molecule has 1 aromatic rings. The number of hydrogen-bond donors (Lipinski definition) is 3. The van der Waals surface area contributed by atoms with Crippen molar-refractivity contribution in [2.75, 3.05) is 0 Å². The zero-order valence-electron chi connectivity index (χ0n) is 4.65. The Labute approximate surface area is 65.8 Å². The Morgan fingerprint density at radius 1 is 1.22 bits per heavy atom. The molecule has 0 radical (unpaired) electrons. The van der Waals surface area contributed by atoms with Crippen molar-refractivity contribution in [3.8, 4) is 0 Å². The smallest absolute Gasteiger partial charge is 0.0487 e. The standard InChI is InChI=1S/C3H4N2.2ClH.H4N2/c1-2-4-5-3-1;;;1-2/h1-3H,(H,4,5);2*1H;1-2H2. The van der Waals surface area contributed by atoms with Crippen LogP contribution in [0.25, 0.3) is 0 Å². The molecular weight excluding hydrogens is 163 g/mol. The summed E-state index contributed by atoms with van der Waals surface area (Å²) in [5.41, 5.74) is 0. The monoisotopic (exact) mass is 172 g/mol. The molecule has 0 saturated carbocycles. The first kappa shape index (κ1) is 15.9. The van der Waals surface area contributed by atoms with Gasteiger partial charge in [-0.1, -0.05) is 0 Å². The normalized spacial score (nSPS) is 5.11. The third kappa shape index (κ3) is 11.3. The van der Waals surface area contributed by atoms with Gasteiger partial charge in [0.15, 0.2) is 0 Å². The van der Waals surface area contributed by atoms with Crippen LogP contribution in [0, 0.1) is 0 Å². The maximum absolute atomic E-state index is 4.00. The van der Waals surface area contributed by atoms with Gasteiger partial charge in [0, 0.05) is 12.4 Å². The second-order valence-corrected chi connectivity index (χ2v) is 0.766. The number of hydrazine groups is 1. The van der Waals surface area contributed by atoms with Gasteiger partial charge in [0.25, 0.3) is 0 Å². The van der Waals surface area contributed by atoms with Gasteiger partial charge in [0.1, 0.15) is 0 Å². The predicted octanol–water partition coefficient (Wildman–Crippen LogP) is 0.0721. The van der Waals surface area contributed by atoms with E-state index in [9.17, 15) is 0 Å². The third-order valence-electron chi connectivity index (χ3n) is 0.406. The summed E-state index contributed by atoms with van der Waals surface area (Å²) < 4.78 is 0. The first-order valence-electron chi connectivity index (χ1n) is 1.77. The van der Waals surface area contributed by atoms with Crippen LogP contribution >= 0.6 is 24.8 Å². The number of aromatic nitrogens is 2. The second kappa shape index (κ2) is 15.6. The number of nitrogens with zero attached hydrogens (tertiary/aromatic N) is 1. The molecular formula is C3H10Cl2N4. The van der Waals surface area contributed by atoms with Gasteiger partial charge < -0.3 is 0 Å². The highest BCUT2D eigenvalue weighted by Gasteiger charge is 1.56. The van der Waals surface area contributed by atoms with Crippen LogP contribution in [0.15, 0.2) is 18.5 Å². The summed E-state index contributed by atoms with van der Waals surface area (Å²) in [6.45, 7) is 0. The van der Waals surface area contributed by atoms with Gasteiger partial charge in [-0.05, 0) is 6.07 Å². The molecule has 0 aromatic carbocycles. The van der Waals surface area contributed by atoms with Crippen molar-refractivity contribution in [1.29, 1.82) is 0 Å². The molecule has 0 spiro atoms. The molecule has 0 aliphatic carbocycles. The minimum Gasteiger partial charge on any atom is -0.286 e. The highest BCUT2D eigenvalue weighted by Crippen LogP contribution is 1.64. The molecule has 0 fully saturated rings. The van der Waals surface area contributed by atoms with Crippen molar-refractivity contribution in [2.24, 2.45) is 11.7 Å². The summed E-state index contributed by atoms with van der Waals surface area (Å²) >= 11 is 0. The molecule has 0 unspecified atom stereocenters. The topological polar surface area (TPSA) is 80.7 Å². The van der Waals surface area contributed by atoms with E-state index in [0.29, 0.717) is 0 Å². The Hall–Kier alpha value is -0.290. The molecule has 4 nitrogen and oxygen atoms in total. The van der Waals surface area contributed by atoms with Crippen molar-refractivity contribution >= 4 is 24.8 Å². The van der Waals surface area contributed by atoms with Gasteiger partial charge in [-0.25, -0.2) is 0 Å². The van der Waals surface area contributed by atoms with Crippen LogP contribution in [0.5, 0.6) is 0 Å². The Kier molecular flexibility index (Phi) is 27.6. The predicted molar refractivity (Wildman–Crippen MR) is 41.5 cm³/mol. The van der Waals surface area contributed by atoms with Crippen molar-refractivity contribution in [3.63, 3.8) is 0 Å². The van der Waals surface area contributed by atoms with Crippen LogP contribution < -0.4 is 11.7 Å². The largest absolute Gasteiger partial charge is 0.286 e. The Morgan fingerprint density at radius 3 is 1.89 bits per heavy atom. The van der Waals surface area contributed by atoms with Gasteiger partial charge in [-0.2, -0.15) is 5.10 Å². The minimum atomic E-state index is 0. The van der Waals surface area contributed by atoms with Gasteiger partial charge >= 0.3 is 0 Å². The molecule has 0 aliphatic heterocycles. The van der Waals surface area contributed by atoms with Crippen LogP contribution in [0.4, 0.5) is 0 Å². The van der Waals surface area contributed by atoms with Crippen molar-refractivity contribution < 1.29 is 0 Å². The number of nitrogens with one attached hydrogen (secondary N) is 1. The molecule has 5 N–H and O–H groups in total. The van der Waals surface area contributed by atoms with E-state index >= 15 is 0 Å². The highest BCUT2D eigenvalue weighted by atomic mass is 35.5. The summed E-state index contributed by atoms with van der Waals surface area (Å²) in [6.07, 6.45) is 3.46. The van der Waals surface area contributed by atoms with Crippen molar-refractivity contribution in [3.05, 3.63) is 18.5 Å². The molecule has 0 amide bonds. The van der Waals surface area contributed by atoms with E-state index in [-0.39, 0.29) is 24.8 Å². The van der Waals surface area contributed by atoms with Gasteiger partial charge in [0.05, 0.1) is 0 Å². The first-order valence-corrected chi connectivity index (χ1v) is 1.77. The zero-order valence-corrected chi connectivity index (χ0v) is 6.28. The molecule has 0 aliphatic rings. The first-order chi connectivity index (χ1) is 3.50. The number of halogens is 2. The summed E-state index contributed by atoms with van der Waals surface area (Å²) in [6, 6.07) is 1.83. The summed E-state index contributed by atoms with van der Waals surface area (Å²) in [5, 5.41) is 6.21. The number of rotatable bonds is 0. The molecule has 1 rings (SSSR count). The second-order valence-electron chi connectivity index (χ2n) is 0.766. The van der Waals surface area contributed by atoms with E-state index in [0.717, 1.165) is 0 Å². The lowest BCUT2D eigenvalue weighted by Crippen LogP contribution is -2.02. The van der Waals surface area contributed by atoms with Crippen LogP contribution in [-0.4, -0.2) is 10.2 Å². The summed E-state index contributed by atoms with van der Waals surface area (Å²) in [4.78, 5) is 0. The number of nitrogens with two attached hydrogens (primary N) is 2. The van der Waals surface area contributed by atoms with E-state index in [1.54, 1.807) is 12.4 Å². The van der Waals surface area contributed by atoms with Gasteiger partial charge in [0.2, 0.25) is 0 Å². The molecule has 6 heteroatoms. The summed E-state index contributed by atoms with van der Waals surface area (Å²) in [7, 11) is 0. The number of H-pyrrole nitrogens is 1. The van der Waals surface area contributed by atoms with E-state index in [1.165, 1.54) is 0 Å². The average Bonchev–Trinajstić information content (AvgIpc) is 2.23.